The first kappa shape index (κ1) is 12.2. The van der Waals surface area contributed by atoms with Crippen LogP contribution in [0.4, 0.5) is 10.5 Å². The molecule has 0 saturated heterocycles. The Labute approximate surface area is 107 Å². The van der Waals surface area contributed by atoms with Crippen LogP contribution < -0.4 is 5.32 Å². The van der Waals surface area contributed by atoms with E-state index in [1.54, 1.807) is 14.1 Å². The summed E-state index contributed by atoms with van der Waals surface area (Å²) in [5.41, 5.74) is 3.11. The molecule has 2 aromatic rings. The predicted octanol–water partition coefficient (Wildman–Crippen LogP) is 3.45. The van der Waals surface area contributed by atoms with Crippen molar-refractivity contribution in [1.29, 1.82) is 0 Å². The van der Waals surface area contributed by atoms with E-state index in [4.69, 9.17) is 0 Å². The number of nitrogens with one attached hydrogen (secondary N) is 1. The summed E-state index contributed by atoms with van der Waals surface area (Å²) in [4.78, 5) is 13.0. The van der Waals surface area contributed by atoms with Crippen molar-refractivity contribution >= 4 is 11.7 Å². The van der Waals surface area contributed by atoms with Crippen LogP contribution in [0.2, 0.25) is 0 Å². The maximum absolute atomic E-state index is 11.5. The average molecular weight is 240 g/mol. The molecule has 3 heteroatoms. The highest BCUT2D eigenvalue weighted by molar-refractivity contribution is 5.89. The van der Waals surface area contributed by atoms with Crippen molar-refractivity contribution in [2.75, 3.05) is 19.4 Å². The number of urea groups is 1. The molecule has 1 N–H and O–H groups in total. The SMILES string of the molecule is CN(C)C(=O)Nc1ccc(-c2ccccc2)cc1. The van der Waals surface area contributed by atoms with Gasteiger partial charge in [-0.3, -0.25) is 0 Å². The first-order chi connectivity index (χ1) is 8.66. The van der Waals surface area contributed by atoms with Crippen LogP contribution in [0.3, 0.4) is 0 Å². The minimum atomic E-state index is -0.123. The fourth-order valence-electron chi connectivity index (χ4n) is 1.61. The smallest absolute Gasteiger partial charge is 0.321 e. The lowest BCUT2D eigenvalue weighted by atomic mass is 10.1. The summed E-state index contributed by atoms with van der Waals surface area (Å²) in [6, 6.07) is 17.8. The van der Waals surface area contributed by atoms with Crippen molar-refractivity contribution in [2.45, 2.75) is 0 Å². The van der Waals surface area contributed by atoms with Crippen molar-refractivity contribution in [3.63, 3.8) is 0 Å². The van der Waals surface area contributed by atoms with Crippen molar-refractivity contribution < 1.29 is 4.79 Å². The number of benzene rings is 2. The molecule has 2 amide bonds. The summed E-state index contributed by atoms with van der Waals surface area (Å²) in [6.45, 7) is 0. The monoisotopic (exact) mass is 240 g/mol. The van der Waals surface area contributed by atoms with Gasteiger partial charge < -0.3 is 10.2 Å². The Hall–Kier alpha value is -2.29. The third-order valence-corrected chi connectivity index (χ3v) is 2.65. The molecule has 0 saturated carbocycles. The molecule has 18 heavy (non-hydrogen) atoms. The number of hydrogen-bond donors (Lipinski definition) is 1. The van der Waals surface area contributed by atoms with Gasteiger partial charge in [0, 0.05) is 19.8 Å². The largest absolute Gasteiger partial charge is 0.331 e. The molecule has 0 aliphatic rings. The van der Waals surface area contributed by atoms with Gasteiger partial charge >= 0.3 is 6.03 Å². The van der Waals surface area contributed by atoms with Crippen molar-refractivity contribution in [1.82, 2.24) is 4.90 Å². The molecule has 0 aromatic heterocycles. The van der Waals surface area contributed by atoms with Crippen LogP contribution in [0, 0.1) is 0 Å². The van der Waals surface area contributed by atoms with Gasteiger partial charge in [-0.2, -0.15) is 0 Å². The Kier molecular flexibility index (Phi) is 3.63. The molecular weight excluding hydrogens is 224 g/mol. The highest BCUT2D eigenvalue weighted by Gasteiger charge is 2.03. The zero-order valence-electron chi connectivity index (χ0n) is 10.6. The third-order valence-electron chi connectivity index (χ3n) is 2.65. The normalized spacial score (nSPS) is 9.89. The standard InChI is InChI=1S/C15H16N2O/c1-17(2)15(18)16-14-10-8-13(9-11-14)12-6-4-3-5-7-12/h3-11H,1-2H3,(H,16,18). The molecule has 0 aliphatic carbocycles. The highest BCUT2D eigenvalue weighted by Crippen LogP contribution is 2.20. The molecule has 2 aromatic carbocycles. The van der Waals surface area contributed by atoms with Gasteiger partial charge in [-0.05, 0) is 23.3 Å². The maximum atomic E-state index is 11.5. The summed E-state index contributed by atoms with van der Waals surface area (Å²) in [5.74, 6) is 0. The molecule has 0 radical (unpaired) electrons. The number of amides is 2. The van der Waals surface area contributed by atoms with Crippen molar-refractivity contribution in [3.8, 4) is 11.1 Å². The average Bonchev–Trinajstić information content (AvgIpc) is 2.40. The van der Waals surface area contributed by atoms with Crippen LogP contribution in [0.5, 0.6) is 0 Å². The van der Waals surface area contributed by atoms with Crippen LogP contribution >= 0.6 is 0 Å². The molecule has 3 nitrogen and oxygen atoms in total. The first-order valence-electron chi connectivity index (χ1n) is 5.80. The van der Waals surface area contributed by atoms with Crippen LogP contribution in [-0.2, 0) is 0 Å². The Morgan fingerprint density at radius 3 is 2.00 bits per heavy atom. The Morgan fingerprint density at radius 1 is 0.889 bits per heavy atom. The van der Waals surface area contributed by atoms with Crippen molar-refractivity contribution in [2.24, 2.45) is 0 Å². The molecule has 0 atom stereocenters. The maximum Gasteiger partial charge on any atom is 0.321 e. The van der Waals surface area contributed by atoms with E-state index in [2.05, 4.69) is 17.4 Å². The fourth-order valence-corrected chi connectivity index (χ4v) is 1.61. The highest BCUT2D eigenvalue weighted by atomic mass is 16.2. The number of rotatable bonds is 2. The molecular formula is C15H16N2O. The van der Waals surface area contributed by atoms with E-state index in [0.717, 1.165) is 11.3 Å². The third kappa shape index (κ3) is 2.88. The molecule has 0 fully saturated rings. The zero-order valence-corrected chi connectivity index (χ0v) is 10.6. The summed E-state index contributed by atoms with van der Waals surface area (Å²) >= 11 is 0. The van der Waals surface area contributed by atoms with Gasteiger partial charge in [0.25, 0.3) is 0 Å². The molecule has 0 aliphatic heterocycles. The Bertz CT molecular complexity index is 518. The van der Waals surface area contributed by atoms with Gasteiger partial charge in [0.2, 0.25) is 0 Å². The minimum Gasteiger partial charge on any atom is -0.331 e. The second-order valence-corrected chi connectivity index (χ2v) is 4.27. The Balaban J connectivity index is 2.13. The molecule has 0 bridgehead atoms. The van der Waals surface area contributed by atoms with Crippen LogP contribution in [-0.4, -0.2) is 25.0 Å². The number of carbonyl (C=O) groups excluding carboxylic acids is 1. The van der Waals surface area contributed by atoms with Gasteiger partial charge in [-0.15, -0.1) is 0 Å². The van der Waals surface area contributed by atoms with Crippen molar-refractivity contribution in [3.05, 3.63) is 54.6 Å². The summed E-state index contributed by atoms with van der Waals surface area (Å²) in [6.07, 6.45) is 0. The number of anilines is 1. The lowest BCUT2D eigenvalue weighted by Crippen LogP contribution is -2.27. The summed E-state index contributed by atoms with van der Waals surface area (Å²) in [7, 11) is 3.43. The van der Waals surface area contributed by atoms with Gasteiger partial charge in [0.1, 0.15) is 0 Å². The van der Waals surface area contributed by atoms with Gasteiger partial charge in [0.05, 0.1) is 0 Å². The molecule has 0 spiro atoms. The quantitative estimate of drug-likeness (QED) is 0.856. The predicted molar refractivity (Wildman–Crippen MR) is 74.6 cm³/mol. The Morgan fingerprint density at radius 2 is 1.44 bits per heavy atom. The number of hydrogen-bond acceptors (Lipinski definition) is 1. The van der Waals surface area contributed by atoms with Crippen LogP contribution in [0.15, 0.2) is 54.6 Å². The molecule has 2 rings (SSSR count). The number of carbonyl (C=O) groups is 1. The van der Waals surface area contributed by atoms with Gasteiger partial charge in [-0.25, -0.2) is 4.79 Å². The lowest BCUT2D eigenvalue weighted by molar-refractivity contribution is 0.230. The fraction of sp³-hybridized carbons (Fsp3) is 0.133. The minimum absolute atomic E-state index is 0.123. The van der Waals surface area contributed by atoms with E-state index in [9.17, 15) is 4.79 Å². The van der Waals surface area contributed by atoms with Crippen LogP contribution in [0.25, 0.3) is 11.1 Å². The topological polar surface area (TPSA) is 32.3 Å². The second kappa shape index (κ2) is 5.36. The van der Waals surface area contributed by atoms with E-state index >= 15 is 0 Å². The molecule has 0 heterocycles. The van der Waals surface area contributed by atoms with E-state index in [-0.39, 0.29) is 6.03 Å². The van der Waals surface area contributed by atoms with E-state index in [1.165, 1.54) is 10.5 Å². The molecule has 0 unspecified atom stereocenters. The van der Waals surface area contributed by atoms with E-state index in [1.807, 2.05) is 42.5 Å². The van der Waals surface area contributed by atoms with E-state index in [0.29, 0.717) is 0 Å². The van der Waals surface area contributed by atoms with Gasteiger partial charge in [0.15, 0.2) is 0 Å². The first-order valence-corrected chi connectivity index (χ1v) is 5.80. The summed E-state index contributed by atoms with van der Waals surface area (Å²) in [5, 5.41) is 2.81. The van der Waals surface area contributed by atoms with E-state index < -0.39 is 0 Å². The van der Waals surface area contributed by atoms with Crippen LogP contribution in [0.1, 0.15) is 0 Å². The zero-order chi connectivity index (χ0) is 13.0. The summed E-state index contributed by atoms with van der Waals surface area (Å²) < 4.78 is 0. The number of nitrogens with zero attached hydrogens (tertiary/aromatic N) is 1. The second-order valence-electron chi connectivity index (χ2n) is 4.27. The van der Waals surface area contributed by atoms with Gasteiger partial charge in [-0.1, -0.05) is 42.5 Å². The lowest BCUT2D eigenvalue weighted by Gasteiger charge is -2.12. The molecule has 92 valence electrons.